The van der Waals surface area contributed by atoms with Crippen LogP contribution in [0.25, 0.3) is 0 Å². The van der Waals surface area contributed by atoms with Crippen molar-refractivity contribution in [3.05, 3.63) is 35.4 Å². The van der Waals surface area contributed by atoms with Crippen LogP contribution < -0.4 is 30.4 Å². The van der Waals surface area contributed by atoms with Crippen molar-refractivity contribution < 1.29 is 37.4 Å². The van der Waals surface area contributed by atoms with Gasteiger partial charge in [-0.05, 0) is 94.1 Å². The van der Waals surface area contributed by atoms with Crippen LogP contribution in [0.15, 0.2) is 24.3 Å². The summed E-state index contributed by atoms with van der Waals surface area (Å²) in [6, 6.07) is 6.77. The van der Waals surface area contributed by atoms with E-state index in [1.165, 1.54) is 0 Å². The minimum Gasteiger partial charge on any atom is -0.496 e. The van der Waals surface area contributed by atoms with Gasteiger partial charge in [0.1, 0.15) is 23.0 Å². The summed E-state index contributed by atoms with van der Waals surface area (Å²) in [7, 11) is 0.442. The fourth-order valence-electron chi connectivity index (χ4n) is 8.18. The number of amides is 2. The van der Waals surface area contributed by atoms with Crippen molar-refractivity contribution in [1.29, 1.82) is 0 Å². The second kappa shape index (κ2) is 20.0. The molecule has 2 heterocycles. The molecular weight excluding hydrogens is 757 g/mol. The van der Waals surface area contributed by atoms with E-state index in [1.54, 1.807) is 38.5 Å². The number of nitrogens with two attached hydrogens (primary N) is 2. The second-order valence-corrected chi connectivity index (χ2v) is 23.0. The smallest absolute Gasteiger partial charge is 0.258 e. The zero-order valence-electron chi connectivity index (χ0n) is 36.9. The molecule has 4 atom stereocenters. The average Bonchev–Trinajstić information content (AvgIpc) is 3.82. The van der Waals surface area contributed by atoms with Gasteiger partial charge in [-0.3, -0.25) is 9.59 Å². The lowest BCUT2D eigenvalue weighted by Gasteiger charge is -2.40. The summed E-state index contributed by atoms with van der Waals surface area (Å²) in [5.41, 5.74) is 14.3. The summed E-state index contributed by atoms with van der Waals surface area (Å²) in [5, 5.41) is 0. The van der Waals surface area contributed by atoms with Crippen LogP contribution >= 0.6 is 0 Å². The van der Waals surface area contributed by atoms with Crippen LogP contribution in [-0.2, 0) is 8.85 Å². The zero-order chi connectivity index (χ0) is 42.2. The molecule has 2 aliphatic rings. The number of carbonyl (C=O) groups is 2. The molecule has 2 saturated heterocycles. The van der Waals surface area contributed by atoms with E-state index in [-0.39, 0.29) is 46.9 Å². The normalized spacial score (nSPS) is 18.6. The molecule has 0 aliphatic carbocycles. The molecule has 2 aliphatic heterocycles. The first-order chi connectivity index (χ1) is 26.8. The van der Waals surface area contributed by atoms with Crippen LogP contribution in [0.5, 0.6) is 23.0 Å². The fourth-order valence-corrected chi connectivity index (χ4v) is 10.5. The lowest BCUT2D eigenvalue weighted by atomic mass is 9.83. The number of nitrogens with zero attached hydrogens (tertiary/aromatic N) is 2. The van der Waals surface area contributed by atoms with E-state index >= 15 is 0 Å². The number of hydrogen-bond donors (Lipinski definition) is 2. The molecule has 0 spiro atoms. The van der Waals surface area contributed by atoms with Gasteiger partial charge < -0.3 is 49.1 Å². The topological polar surface area (TPSA) is 148 Å². The molecule has 4 N–H and O–H groups in total. The average molecular weight is 829 g/mol. The standard InChI is InChI=1S/C43H72N4O8Si2/c1-42(2,3)38(54-56(9)10)32-18-16-20-46(32)40(48)28-24-30(44)36(26-34(28)50-7)52-22-14-13-15-23-53-37-27-35(51-8)29(25-31(37)45)41(49)47-21-17-19-33(47)39(43(4,5)6)55-57(11)12/h24-27,32-33,38-39,56-57H,13-23,44-45H2,1-12H3/t32-,33?,38?,39?/m0/s1. The summed E-state index contributed by atoms with van der Waals surface area (Å²) in [4.78, 5) is 31.9. The van der Waals surface area contributed by atoms with Gasteiger partial charge >= 0.3 is 0 Å². The minimum atomic E-state index is -1.34. The molecule has 4 rings (SSSR count). The Labute approximate surface area is 345 Å². The summed E-state index contributed by atoms with van der Waals surface area (Å²) in [6.45, 7) is 24.0. The molecule has 57 heavy (non-hydrogen) atoms. The molecule has 3 unspecified atom stereocenters. The van der Waals surface area contributed by atoms with Gasteiger partial charge in [-0.15, -0.1) is 0 Å². The highest BCUT2D eigenvalue weighted by Crippen LogP contribution is 2.39. The number of nitrogen functional groups attached to an aromatic ring is 2. The third kappa shape index (κ3) is 11.8. The highest BCUT2D eigenvalue weighted by Gasteiger charge is 2.43. The Morgan fingerprint density at radius 3 is 1.33 bits per heavy atom. The Hall–Kier alpha value is -3.47. The molecule has 2 aromatic carbocycles. The van der Waals surface area contributed by atoms with Crippen LogP contribution in [0, 0.1) is 10.8 Å². The number of methoxy groups -OCH3 is 2. The molecule has 2 amide bonds. The first-order valence-electron chi connectivity index (χ1n) is 20.9. The Kier molecular flexibility index (Phi) is 16.2. The van der Waals surface area contributed by atoms with Gasteiger partial charge in [0.05, 0.1) is 74.2 Å². The van der Waals surface area contributed by atoms with Gasteiger partial charge in [0.2, 0.25) is 0 Å². The molecule has 2 aromatic rings. The first kappa shape index (κ1) is 46.2. The van der Waals surface area contributed by atoms with Crippen LogP contribution in [0.3, 0.4) is 0 Å². The molecule has 12 nitrogen and oxygen atoms in total. The molecule has 2 fully saturated rings. The van der Waals surface area contributed by atoms with E-state index in [2.05, 4.69) is 67.7 Å². The maximum absolute atomic E-state index is 14.0. The number of carbonyl (C=O) groups excluding carboxylic acids is 2. The van der Waals surface area contributed by atoms with E-state index in [0.717, 1.165) is 44.9 Å². The summed E-state index contributed by atoms with van der Waals surface area (Å²) in [6.07, 6.45) is 5.93. The molecule has 0 saturated carbocycles. The van der Waals surface area contributed by atoms with Crippen LogP contribution in [0.4, 0.5) is 11.4 Å². The lowest BCUT2D eigenvalue weighted by Crippen LogP contribution is -2.50. The number of anilines is 2. The monoisotopic (exact) mass is 828 g/mol. The number of benzene rings is 2. The molecule has 14 heteroatoms. The third-order valence-corrected chi connectivity index (χ3v) is 12.5. The van der Waals surface area contributed by atoms with E-state index in [0.29, 0.717) is 71.8 Å². The maximum atomic E-state index is 14.0. The van der Waals surface area contributed by atoms with Gasteiger partial charge in [-0.25, -0.2) is 0 Å². The van der Waals surface area contributed by atoms with Crippen molar-refractivity contribution in [2.24, 2.45) is 10.8 Å². The number of likely N-dealkylation sites (tertiary alicyclic amines) is 2. The van der Waals surface area contributed by atoms with Crippen molar-refractivity contribution in [3.63, 3.8) is 0 Å². The number of rotatable bonds is 18. The number of unbranched alkanes of at least 4 members (excludes halogenated alkanes) is 2. The number of hydrogen-bond acceptors (Lipinski definition) is 10. The molecule has 0 bridgehead atoms. The zero-order valence-corrected chi connectivity index (χ0v) is 39.2. The van der Waals surface area contributed by atoms with E-state index in [1.807, 2.05) is 9.80 Å². The predicted molar refractivity (Wildman–Crippen MR) is 234 cm³/mol. The minimum absolute atomic E-state index is 0.00815. The largest absolute Gasteiger partial charge is 0.496 e. The van der Waals surface area contributed by atoms with Gasteiger partial charge in [-0.2, -0.15) is 0 Å². The lowest BCUT2D eigenvalue weighted by molar-refractivity contribution is 0.0135. The summed E-state index contributed by atoms with van der Waals surface area (Å²) in [5.74, 6) is 1.64. The highest BCUT2D eigenvalue weighted by atomic mass is 28.3. The number of ether oxygens (including phenoxy) is 4. The second-order valence-electron chi connectivity index (χ2n) is 18.3. The summed E-state index contributed by atoms with van der Waals surface area (Å²) >= 11 is 0. The maximum Gasteiger partial charge on any atom is 0.258 e. The molecule has 0 aromatic heterocycles. The Morgan fingerprint density at radius 2 is 1.02 bits per heavy atom. The SMILES string of the molecule is COc1cc(OCCCCCOc2cc(OC)c(C(=O)N3CCC[C@H]3C(O[SiH](C)C)C(C)(C)C)cc2N)c(N)cc1C(=O)N1CCCC1C(O[SiH](C)C)C(C)(C)C. The Bertz CT molecular complexity index is 1540. The fraction of sp³-hybridized carbons (Fsp3) is 0.674. The van der Waals surface area contributed by atoms with Gasteiger partial charge in [0.25, 0.3) is 11.8 Å². The molecule has 0 radical (unpaired) electrons. The molecule has 320 valence electrons. The van der Waals surface area contributed by atoms with E-state index in [4.69, 9.17) is 39.3 Å². The van der Waals surface area contributed by atoms with Gasteiger partial charge in [0.15, 0.2) is 18.1 Å². The van der Waals surface area contributed by atoms with E-state index < -0.39 is 18.1 Å². The summed E-state index contributed by atoms with van der Waals surface area (Å²) < 4.78 is 36.6. The molecular formula is C43H72N4O8Si2. The van der Waals surface area contributed by atoms with Crippen molar-refractivity contribution in [1.82, 2.24) is 9.80 Å². The van der Waals surface area contributed by atoms with Crippen LogP contribution in [0.2, 0.25) is 26.2 Å². The Balaban J connectivity index is 1.31. The van der Waals surface area contributed by atoms with Crippen molar-refractivity contribution >= 4 is 41.3 Å². The van der Waals surface area contributed by atoms with Crippen molar-refractivity contribution in [2.75, 3.05) is 52.0 Å². The van der Waals surface area contributed by atoms with Crippen LogP contribution in [0.1, 0.15) is 107 Å². The Morgan fingerprint density at radius 1 is 0.649 bits per heavy atom. The van der Waals surface area contributed by atoms with Gasteiger partial charge in [-0.1, -0.05) is 41.5 Å². The quantitative estimate of drug-likeness (QED) is 0.0878. The van der Waals surface area contributed by atoms with Crippen LogP contribution in [-0.4, -0.2) is 105 Å². The highest BCUT2D eigenvalue weighted by molar-refractivity contribution is 6.48. The predicted octanol–water partition coefficient (Wildman–Crippen LogP) is 7.53. The van der Waals surface area contributed by atoms with Gasteiger partial charge in [0, 0.05) is 25.2 Å². The van der Waals surface area contributed by atoms with Crippen molar-refractivity contribution in [2.45, 2.75) is 137 Å². The first-order valence-corrected chi connectivity index (χ1v) is 26.5. The van der Waals surface area contributed by atoms with E-state index in [9.17, 15) is 9.59 Å². The van der Waals surface area contributed by atoms with Crippen molar-refractivity contribution in [3.8, 4) is 23.0 Å². The third-order valence-electron chi connectivity index (χ3n) is 10.8.